The minimum Gasteiger partial charge on any atom is -0.462 e. The summed E-state index contributed by atoms with van der Waals surface area (Å²) in [5.74, 6) is -0.896. The minimum absolute atomic E-state index is 0.0834. The van der Waals surface area contributed by atoms with E-state index in [-0.39, 0.29) is 31.1 Å². The van der Waals surface area contributed by atoms with Crippen LogP contribution in [-0.2, 0) is 28.6 Å². The summed E-state index contributed by atoms with van der Waals surface area (Å²) in [6, 6.07) is 0. The van der Waals surface area contributed by atoms with Crippen LogP contribution >= 0.6 is 0 Å². The fraction of sp³-hybridized carbons (Fsp3) is 0.712. The van der Waals surface area contributed by atoms with Crippen LogP contribution in [0, 0.1) is 0 Å². The summed E-state index contributed by atoms with van der Waals surface area (Å²) >= 11 is 0. The SMILES string of the molecule is CC/C=C\C/C=C\C/C=C\C/C=C\C/C=C\C/C=C\C/C=C\C/C=C\CCCCCCCCC(=O)OCC(COC(=O)CCCCCCCCCCCCCCCC)OC(=O)CCCCCCC/C=C\CCCCCCCCC. The molecule has 1 unspecified atom stereocenters. The lowest BCUT2D eigenvalue weighted by atomic mass is 10.0. The van der Waals surface area contributed by atoms with E-state index >= 15 is 0 Å². The van der Waals surface area contributed by atoms with Crippen molar-refractivity contribution in [1.29, 1.82) is 0 Å². The van der Waals surface area contributed by atoms with Gasteiger partial charge in [0.1, 0.15) is 13.2 Å². The number of hydrogen-bond acceptors (Lipinski definition) is 6. The van der Waals surface area contributed by atoms with E-state index in [4.69, 9.17) is 14.2 Å². The Bertz CT molecular complexity index is 1590. The third-order valence-corrected chi connectivity index (χ3v) is 14.3. The first-order valence-electron chi connectivity index (χ1n) is 33.4. The number of allylic oxidation sites excluding steroid dienone is 18. The second-order valence-electron chi connectivity index (χ2n) is 22.0. The van der Waals surface area contributed by atoms with Crippen LogP contribution in [0.1, 0.15) is 316 Å². The first-order chi connectivity index (χ1) is 39.0. The maximum atomic E-state index is 12.9. The van der Waals surface area contributed by atoms with Crippen LogP contribution in [0.15, 0.2) is 109 Å². The van der Waals surface area contributed by atoms with Gasteiger partial charge in [-0.05, 0) is 109 Å². The molecule has 0 fully saturated rings. The van der Waals surface area contributed by atoms with E-state index in [1.165, 1.54) is 141 Å². The van der Waals surface area contributed by atoms with Crippen molar-refractivity contribution in [2.45, 2.75) is 322 Å². The molecule has 0 radical (unpaired) electrons. The van der Waals surface area contributed by atoms with Gasteiger partial charge in [-0.2, -0.15) is 0 Å². The van der Waals surface area contributed by atoms with E-state index in [0.717, 1.165) is 135 Å². The molecule has 0 aliphatic heterocycles. The highest BCUT2D eigenvalue weighted by atomic mass is 16.6. The minimum atomic E-state index is -0.789. The average molecular weight is 1100 g/mol. The van der Waals surface area contributed by atoms with Crippen molar-refractivity contribution in [3.63, 3.8) is 0 Å². The number of unbranched alkanes of at least 4 members (excludes halogenated alkanes) is 31. The molecule has 6 heteroatoms. The lowest BCUT2D eigenvalue weighted by Crippen LogP contribution is -2.30. The maximum Gasteiger partial charge on any atom is 0.306 e. The molecule has 0 aromatic heterocycles. The molecule has 0 amide bonds. The molecule has 0 saturated carbocycles. The number of carbonyl (C=O) groups excluding carboxylic acids is 3. The van der Waals surface area contributed by atoms with Crippen LogP contribution in [-0.4, -0.2) is 37.2 Å². The molecule has 0 N–H and O–H groups in total. The van der Waals surface area contributed by atoms with Crippen LogP contribution in [0.3, 0.4) is 0 Å². The number of ether oxygens (including phenoxy) is 3. The van der Waals surface area contributed by atoms with Gasteiger partial charge in [-0.3, -0.25) is 14.4 Å². The largest absolute Gasteiger partial charge is 0.462 e. The molecule has 0 rings (SSSR count). The third kappa shape index (κ3) is 64.8. The van der Waals surface area contributed by atoms with E-state index in [1.807, 2.05) is 0 Å². The molecule has 0 spiro atoms. The summed E-state index contributed by atoms with van der Waals surface area (Å²) < 4.78 is 16.9. The third-order valence-electron chi connectivity index (χ3n) is 14.3. The zero-order valence-electron chi connectivity index (χ0n) is 51.9. The van der Waals surface area contributed by atoms with Gasteiger partial charge in [0.2, 0.25) is 0 Å². The molecule has 0 heterocycles. The van der Waals surface area contributed by atoms with Crippen molar-refractivity contribution < 1.29 is 28.6 Å². The monoisotopic (exact) mass is 1100 g/mol. The zero-order valence-corrected chi connectivity index (χ0v) is 51.9. The summed E-state index contributed by atoms with van der Waals surface area (Å²) in [5.41, 5.74) is 0. The number of rotatable bonds is 60. The molecular weight excluding hydrogens is 973 g/mol. The molecule has 0 saturated heterocycles. The highest BCUT2D eigenvalue weighted by Crippen LogP contribution is 2.16. The van der Waals surface area contributed by atoms with E-state index in [0.29, 0.717) is 19.3 Å². The topological polar surface area (TPSA) is 78.9 Å². The molecule has 1 atom stereocenters. The quantitative estimate of drug-likeness (QED) is 0.0261. The lowest BCUT2D eigenvalue weighted by molar-refractivity contribution is -0.167. The second kappa shape index (κ2) is 66.6. The van der Waals surface area contributed by atoms with Crippen LogP contribution < -0.4 is 0 Å². The smallest absolute Gasteiger partial charge is 0.306 e. The Kier molecular flexibility index (Phi) is 63.3. The Morgan fingerprint density at radius 2 is 0.494 bits per heavy atom. The number of esters is 3. The molecule has 6 nitrogen and oxygen atoms in total. The van der Waals surface area contributed by atoms with Gasteiger partial charge in [0.25, 0.3) is 0 Å². The van der Waals surface area contributed by atoms with Crippen molar-refractivity contribution >= 4 is 17.9 Å². The Morgan fingerprint density at radius 1 is 0.266 bits per heavy atom. The number of hydrogen-bond donors (Lipinski definition) is 0. The summed E-state index contributed by atoms with van der Waals surface area (Å²) in [5, 5.41) is 0. The highest BCUT2D eigenvalue weighted by Gasteiger charge is 2.19. The van der Waals surface area contributed by atoms with Crippen molar-refractivity contribution in [3.05, 3.63) is 109 Å². The summed E-state index contributed by atoms with van der Waals surface area (Å²) in [7, 11) is 0. The second-order valence-corrected chi connectivity index (χ2v) is 22.0. The lowest BCUT2D eigenvalue weighted by Gasteiger charge is -2.18. The Morgan fingerprint density at radius 3 is 0.785 bits per heavy atom. The van der Waals surface area contributed by atoms with E-state index < -0.39 is 6.10 Å². The van der Waals surface area contributed by atoms with Gasteiger partial charge in [0.05, 0.1) is 0 Å². The molecule has 79 heavy (non-hydrogen) atoms. The van der Waals surface area contributed by atoms with Gasteiger partial charge in [-0.15, -0.1) is 0 Å². The maximum absolute atomic E-state index is 12.9. The van der Waals surface area contributed by atoms with Crippen LogP contribution in [0.4, 0.5) is 0 Å². The average Bonchev–Trinajstić information content (AvgIpc) is 3.45. The first kappa shape index (κ1) is 75.1. The molecule has 0 aromatic rings. The van der Waals surface area contributed by atoms with Crippen molar-refractivity contribution in [2.75, 3.05) is 13.2 Å². The summed E-state index contributed by atoms with van der Waals surface area (Å²) in [4.78, 5) is 38.3. The standard InChI is InChI=1S/C73H124O6/c1-4-7-10-13-16-19-22-25-28-30-31-32-33-34-35-36-37-38-39-40-41-42-43-44-46-48-51-54-57-60-63-66-72(75)78-69-70(68-77-71(74)65-62-59-56-53-50-47-27-24-21-18-15-12-9-6-3)79-73(76)67-64-61-58-55-52-49-45-29-26-23-20-17-14-11-8-5-2/h7,10,16,19,25,28-29,31-32,34-35,37-38,40-41,43-45,70H,4-6,8-9,11-15,17-18,20-24,26-27,30,33,36,39,42,46-69H2,1-3H3/b10-7-,19-16-,28-25-,32-31-,35-34-,38-37-,41-40-,44-43-,45-29-. The van der Waals surface area contributed by atoms with E-state index in [2.05, 4.69) is 130 Å². The Hall–Kier alpha value is -3.93. The van der Waals surface area contributed by atoms with Gasteiger partial charge in [0, 0.05) is 19.3 Å². The Balaban J connectivity index is 4.33. The fourth-order valence-corrected chi connectivity index (χ4v) is 9.28. The van der Waals surface area contributed by atoms with Gasteiger partial charge in [-0.1, -0.05) is 297 Å². The van der Waals surface area contributed by atoms with Crippen molar-refractivity contribution in [3.8, 4) is 0 Å². The highest BCUT2D eigenvalue weighted by molar-refractivity contribution is 5.71. The van der Waals surface area contributed by atoms with Crippen LogP contribution in [0.25, 0.3) is 0 Å². The Labute approximate surface area is 489 Å². The van der Waals surface area contributed by atoms with E-state index in [1.54, 1.807) is 0 Å². The first-order valence-corrected chi connectivity index (χ1v) is 33.4. The number of carbonyl (C=O) groups is 3. The van der Waals surface area contributed by atoms with Crippen LogP contribution in [0.2, 0.25) is 0 Å². The molecular formula is C73H124O6. The van der Waals surface area contributed by atoms with Crippen molar-refractivity contribution in [1.82, 2.24) is 0 Å². The molecule has 0 aromatic carbocycles. The summed E-state index contributed by atoms with van der Waals surface area (Å²) in [6.07, 6.45) is 90.9. The van der Waals surface area contributed by atoms with Crippen molar-refractivity contribution in [2.24, 2.45) is 0 Å². The van der Waals surface area contributed by atoms with Gasteiger partial charge >= 0.3 is 17.9 Å². The van der Waals surface area contributed by atoms with Gasteiger partial charge in [-0.25, -0.2) is 0 Å². The summed E-state index contributed by atoms with van der Waals surface area (Å²) in [6.45, 7) is 6.53. The fourth-order valence-electron chi connectivity index (χ4n) is 9.28. The molecule has 452 valence electrons. The normalized spacial score (nSPS) is 12.8. The zero-order chi connectivity index (χ0) is 57.1. The molecule has 0 bridgehead atoms. The van der Waals surface area contributed by atoms with Gasteiger partial charge in [0.15, 0.2) is 6.10 Å². The molecule has 0 aliphatic carbocycles. The molecule has 0 aliphatic rings. The van der Waals surface area contributed by atoms with Gasteiger partial charge < -0.3 is 14.2 Å². The van der Waals surface area contributed by atoms with Crippen LogP contribution in [0.5, 0.6) is 0 Å². The predicted octanol–water partition coefficient (Wildman–Crippen LogP) is 23.0. The van der Waals surface area contributed by atoms with E-state index in [9.17, 15) is 14.4 Å². The predicted molar refractivity (Wildman–Crippen MR) is 343 cm³/mol.